The topological polar surface area (TPSA) is 72.5 Å². The van der Waals surface area contributed by atoms with Crippen LogP contribution in [0.25, 0.3) is 0 Å². The van der Waals surface area contributed by atoms with Crippen molar-refractivity contribution < 1.29 is 4.74 Å². The van der Waals surface area contributed by atoms with E-state index in [4.69, 9.17) is 22.1 Å². The minimum absolute atomic E-state index is 0.380. The normalized spacial score (nSPS) is 11.2. The number of nitrogens with one attached hydrogen (secondary N) is 1. The summed E-state index contributed by atoms with van der Waals surface area (Å²) in [6.45, 7) is 0.975. The summed E-state index contributed by atoms with van der Waals surface area (Å²) < 4.78 is 5.32. The third-order valence-corrected chi connectivity index (χ3v) is 1.90. The standard InChI is InChI=1S/C9H13ClN4O/c1-12-9(11)14-5-6-15-8-7(10)3-2-4-13-8/h2-4H,5-6H2,1H3,(H3,11,12,14). The average molecular weight is 229 g/mol. The van der Waals surface area contributed by atoms with Gasteiger partial charge in [0.15, 0.2) is 5.96 Å². The van der Waals surface area contributed by atoms with Crippen LogP contribution in [0.1, 0.15) is 0 Å². The number of hydrogen-bond acceptors (Lipinski definition) is 3. The zero-order chi connectivity index (χ0) is 11.1. The van der Waals surface area contributed by atoms with E-state index in [1.165, 1.54) is 0 Å². The summed E-state index contributed by atoms with van der Waals surface area (Å²) >= 11 is 5.84. The van der Waals surface area contributed by atoms with Gasteiger partial charge in [-0.05, 0) is 12.1 Å². The second-order valence-corrected chi connectivity index (χ2v) is 3.08. The van der Waals surface area contributed by atoms with Crippen LogP contribution >= 0.6 is 11.6 Å². The van der Waals surface area contributed by atoms with Crippen molar-refractivity contribution in [2.75, 3.05) is 20.2 Å². The van der Waals surface area contributed by atoms with Gasteiger partial charge in [0.25, 0.3) is 0 Å². The van der Waals surface area contributed by atoms with Crippen molar-refractivity contribution in [3.05, 3.63) is 23.4 Å². The summed E-state index contributed by atoms with van der Waals surface area (Å²) in [5, 5.41) is 3.35. The van der Waals surface area contributed by atoms with E-state index in [1.807, 2.05) is 0 Å². The number of aromatic nitrogens is 1. The highest BCUT2D eigenvalue weighted by molar-refractivity contribution is 6.31. The molecule has 0 saturated carbocycles. The molecule has 1 heterocycles. The molecule has 1 aromatic rings. The molecule has 0 unspecified atom stereocenters. The van der Waals surface area contributed by atoms with Crippen LogP contribution in [-0.4, -0.2) is 31.1 Å². The molecule has 0 aliphatic carbocycles. The Morgan fingerprint density at radius 1 is 1.73 bits per heavy atom. The molecule has 0 atom stereocenters. The highest BCUT2D eigenvalue weighted by atomic mass is 35.5. The molecule has 0 bridgehead atoms. The van der Waals surface area contributed by atoms with E-state index in [2.05, 4.69) is 15.3 Å². The number of guanidine groups is 1. The van der Waals surface area contributed by atoms with Crippen molar-refractivity contribution in [3.63, 3.8) is 0 Å². The number of ether oxygens (including phenoxy) is 1. The fourth-order valence-electron chi connectivity index (χ4n) is 0.883. The van der Waals surface area contributed by atoms with E-state index >= 15 is 0 Å². The minimum Gasteiger partial charge on any atom is -0.475 e. The van der Waals surface area contributed by atoms with Gasteiger partial charge in [-0.15, -0.1) is 0 Å². The van der Waals surface area contributed by atoms with Gasteiger partial charge in [-0.2, -0.15) is 0 Å². The van der Waals surface area contributed by atoms with E-state index in [0.29, 0.717) is 30.0 Å². The van der Waals surface area contributed by atoms with Gasteiger partial charge in [-0.3, -0.25) is 4.99 Å². The zero-order valence-corrected chi connectivity index (χ0v) is 9.16. The predicted octanol–water partition coefficient (Wildman–Crippen LogP) is 0.648. The molecule has 0 radical (unpaired) electrons. The maximum Gasteiger partial charge on any atom is 0.232 e. The number of aliphatic imine (C=N–C) groups is 1. The lowest BCUT2D eigenvalue weighted by Crippen LogP contribution is -2.34. The van der Waals surface area contributed by atoms with Crippen LogP contribution in [0.5, 0.6) is 5.88 Å². The Morgan fingerprint density at radius 2 is 2.53 bits per heavy atom. The average Bonchev–Trinajstić information content (AvgIpc) is 2.26. The van der Waals surface area contributed by atoms with E-state index in [-0.39, 0.29) is 0 Å². The Bertz CT molecular complexity index is 343. The van der Waals surface area contributed by atoms with Crippen LogP contribution in [0.15, 0.2) is 23.3 Å². The molecule has 0 spiro atoms. The third-order valence-electron chi connectivity index (χ3n) is 1.61. The number of pyridine rings is 1. The van der Waals surface area contributed by atoms with Gasteiger partial charge in [0.2, 0.25) is 5.88 Å². The van der Waals surface area contributed by atoms with Crippen molar-refractivity contribution in [2.24, 2.45) is 10.7 Å². The van der Waals surface area contributed by atoms with Crippen molar-refractivity contribution >= 4 is 17.6 Å². The molecule has 0 aromatic carbocycles. The van der Waals surface area contributed by atoms with Crippen LogP contribution in [0.2, 0.25) is 5.02 Å². The second-order valence-electron chi connectivity index (χ2n) is 2.67. The molecule has 0 amide bonds. The summed E-state index contributed by atoms with van der Waals surface area (Å²) in [7, 11) is 1.61. The smallest absolute Gasteiger partial charge is 0.232 e. The summed E-state index contributed by atoms with van der Waals surface area (Å²) in [6, 6.07) is 3.47. The number of hydrogen-bond donors (Lipinski definition) is 2. The number of nitrogens with zero attached hydrogens (tertiary/aromatic N) is 2. The lowest BCUT2D eigenvalue weighted by atomic mass is 10.5. The highest BCUT2D eigenvalue weighted by Gasteiger charge is 2.00. The Labute approximate surface area is 93.3 Å². The van der Waals surface area contributed by atoms with Gasteiger partial charge in [0.05, 0.1) is 6.54 Å². The summed E-state index contributed by atoms with van der Waals surface area (Å²) in [6.07, 6.45) is 1.62. The Balaban J connectivity index is 2.29. The Kier molecular flexibility index (Phi) is 4.70. The Morgan fingerprint density at radius 3 is 3.20 bits per heavy atom. The van der Waals surface area contributed by atoms with Gasteiger partial charge < -0.3 is 15.8 Å². The summed E-state index contributed by atoms with van der Waals surface area (Å²) in [5.41, 5.74) is 5.42. The van der Waals surface area contributed by atoms with Crippen LogP contribution in [0, 0.1) is 0 Å². The lowest BCUT2D eigenvalue weighted by Gasteiger charge is -2.07. The fraction of sp³-hybridized carbons (Fsp3) is 0.333. The first-order chi connectivity index (χ1) is 7.24. The molecule has 1 aromatic heterocycles. The number of rotatable bonds is 4. The van der Waals surface area contributed by atoms with Crippen LogP contribution < -0.4 is 15.8 Å². The molecule has 0 fully saturated rings. The molecule has 0 saturated heterocycles. The molecule has 15 heavy (non-hydrogen) atoms. The molecule has 6 heteroatoms. The fourth-order valence-corrected chi connectivity index (χ4v) is 1.06. The summed E-state index contributed by atoms with van der Waals surface area (Å²) in [5.74, 6) is 0.804. The predicted molar refractivity (Wildman–Crippen MR) is 60.3 cm³/mol. The maximum atomic E-state index is 5.84. The van der Waals surface area contributed by atoms with Crippen molar-refractivity contribution in [2.45, 2.75) is 0 Å². The first-order valence-corrected chi connectivity index (χ1v) is 4.81. The second kappa shape index (κ2) is 6.08. The van der Waals surface area contributed by atoms with Crippen molar-refractivity contribution in [1.82, 2.24) is 10.3 Å². The van der Waals surface area contributed by atoms with Crippen LogP contribution in [-0.2, 0) is 0 Å². The zero-order valence-electron chi connectivity index (χ0n) is 8.40. The quantitative estimate of drug-likeness (QED) is 0.451. The van der Waals surface area contributed by atoms with E-state index < -0.39 is 0 Å². The molecule has 1 rings (SSSR count). The number of nitrogens with two attached hydrogens (primary N) is 1. The lowest BCUT2D eigenvalue weighted by molar-refractivity contribution is 0.310. The Hall–Kier alpha value is -1.49. The molecule has 0 aliphatic rings. The van der Waals surface area contributed by atoms with E-state index in [0.717, 1.165) is 0 Å². The van der Waals surface area contributed by atoms with Gasteiger partial charge >= 0.3 is 0 Å². The first-order valence-electron chi connectivity index (χ1n) is 4.43. The van der Waals surface area contributed by atoms with Crippen molar-refractivity contribution in [1.29, 1.82) is 0 Å². The highest BCUT2D eigenvalue weighted by Crippen LogP contribution is 2.19. The molecular weight excluding hydrogens is 216 g/mol. The van der Waals surface area contributed by atoms with E-state index in [1.54, 1.807) is 25.4 Å². The first kappa shape index (κ1) is 11.6. The van der Waals surface area contributed by atoms with Crippen LogP contribution in [0.3, 0.4) is 0 Å². The maximum absolute atomic E-state index is 5.84. The van der Waals surface area contributed by atoms with Gasteiger partial charge in [0.1, 0.15) is 11.6 Å². The van der Waals surface area contributed by atoms with Gasteiger partial charge in [-0.1, -0.05) is 11.6 Å². The number of halogens is 1. The monoisotopic (exact) mass is 228 g/mol. The SMILES string of the molecule is CN=C(N)NCCOc1ncccc1Cl. The molecule has 5 nitrogen and oxygen atoms in total. The van der Waals surface area contributed by atoms with Gasteiger partial charge in [-0.25, -0.2) is 4.98 Å². The summed E-state index contributed by atoms with van der Waals surface area (Å²) in [4.78, 5) is 7.71. The molecule has 0 aliphatic heterocycles. The molecule has 82 valence electrons. The minimum atomic E-state index is 0.380. The molecular formula is C9H13ClN4O. The molecule has 3 N–H and O–H groups in total. The third kappa shape index (κ3) is 4.03. The van der Waals surface area contributed by atoms with Crippen molar-refractivity contribution in [3.8, 4) is 5.88 Å². The van der Waals surface area contributed by atoms with E-state index in [9.17, 15) is 0 Å². The van der Waals surface area contributed by atoms with Gasteiger partial charge in [0, 0.05) is 13.2 Å². The van der Waals surface area contributed by atoms with Crippen LogP contribution in [0.4, 0.5) is 0 Å². The largest absolute Gasteiger partial charge is 0.475 e.